The highest BCUT2D eigenvalue weighted by atomic mass is 35.5. The van der Waals surface area contributed by atoms with Crippen molar-refractivity contribution in [2.75, 3.05) is 32.9 Å². The van der Waals surface area contributed by atoms with Gasteiger partial charge in [-0.25, -0.2) is 14.2 Å². The monoisotopic (exact) mass is 334 g/mol. The van der Waals surface area contributed by atoms with E-state index in [9.17, 15) is 4.79 Å². The molecule has 2 saturated heterocycles. The van der Waals surface area contributed by atoms with E-state index < -0.39 is 17.1 Å². The molecule has 3 heterocycles. The highest BCUT2D eigenvalue weighted by Gasteiger charge is 2.67. The highest BCUT2D eigenvalue weighted by molar-refractivity contribution is 7.15. The Labute approximate surface area is 131 Å². The summed E-state index contributed by atoms with van der Waals surface area (Å²) in [6.45, 7) is 3.28. The first kappa shape index (κ1) is 15.1. The quantitative estimate of drug-likeness (QED) is 0.787. The molecule has 2 fully saturated rings. The Kier molecular flexibility index (Phi) is 3.94. The molecule has 0 aliphatic carbocycles. The second-order valence-electron chi connectivity index (χ2n) is 5.50. The summed E-state index contributed by atoms with van der Waals surface area (Å²) in [6, 6.07) is 0. The van der Waals surface area contributed by atoms with Crippen LogP contribution in [0.15, 0.2) is 6.20 Å². The summed E-state index contributed by atoms with van der Waals surface area (Å²) in [5.41, 5.74) is -2.80. The van der Waals surface area contributed by atoms with Gasteiger partial charge in [-0.15, -0.1) is 11.3 Å². The molecular weight excluding hydrogens is 319 g/mol. The van der Waals surface area contributed by atoms with Crippen molar-refractivity contribution in [2.45, 2.75) is 19.1 Å². The SMILES string of the molecule is CCOC(=O)[C@@]1(F)CN(Cc2ncc(Cl)s2)CC12COC2. The lowest BCUT2D eigenvalue weighted by molar-refractivity contribution is -0.196. The molecule has 0 radical (unpaired) electrons. The van der Waals surface area contributed by atoms with Crippen LogP contribution in [0.5, 0.6) is 0 Å². The maximum atomic E-state index is 15.3. The van der Waals surface area contributed by atoms with Crippen LogP contribution in [0.25, 0.3) is 0 Å². The molecular formula is C13H16ClFN2O3S. The molecule has 0 N–H and O–H groups in total. The van der Waals surface area contributed by atoms with Crippen molar-refractivity contribution in [3.63, 3.8) is 0 Å². The van der Waals surface area contributed by atoms with E-state index in [1.54, 1.807) is 13.1 Å². The molecule has 0 amide bonds. The van der Waals surface area contributed by atoms with E-state index in [1.807, 2.05) is 4.90 Å². The third-order valence-corrected chi connectivity index (χ3v) is 5.15. The Hall–Kier alpha value is -0.760. The predicted molar refractivity (Wildman–Crippen MR) is 76.1 cm³/mol. The average Bonchev–Trinajstić information content (AvgIpc) is 2.92. The largest absolute Gasteiger partial charge is 0.464 e. The lowest BCUT2D eigenvalue weighted by Crippen LogP contribution is -2.61. The number of nitrogens with zero attached hydrogens (tertiary/aromatic N) is 2. The van der Waals surface area contributed by atoms with Gasteiger partial charge in [-0.1, -0.05) is 11.6 Å². The number of ether oxygens (including phenoxy) is 2. The van der Waals surface area contributed by atoms with E-state index >= 15 is 4.39 Å². The third-order valence-electron chi connectivity index (χ3n) is 4.05. The van der Waals surface area contributed by atoms with Gasteiger partial charge in [0.2, 0.25) is 5.67 Å². The van der Waals surface area contributed by atoms with Crippen LogP contribution in [0.2, 0.25) is 4.34 Å². The van der Waals surface area contributed by atoms with Crippen LogP contribution in [0.4, 0.5) is 4.39 Å². The number of hydrogen-bond donors (Lipinski definition) is 0. The predicted octanol–water partition coefficient (Wildman–Crippen LogP) is 1.90. The first-order chi connectivity index (χ1) is 9.99. The average molecular weight is 335 g/mol. The van der Waals surface area contributed by atoms with Crippen molar-refractivity contribution < 1.29 is 18.7 Å². The number of rotatable bonds is 4. The lowest BCUT2D eigenvalue weighted by Gasteiger charge is -2.44. The molecule has 116 valence electrons. The van der Waals surface area contributed by atoms with Crippen molar-refractivity contribution in [3.05, 3.63) is 15.5 Å². The van der Waals surface area contributed by atoms with Crippen molar-refractivity contribution in [3.8, 4) is 0 Å². The summed E-state index contributed by atoms with van der Waals surface area (Å²) in [5.74, 6) is -0.784. The Bertz CT molecular complexity index is 551. The number of likely N-dealkylation sites (tertiary alicyclic amines) is 1. The molecule has 5 nitrogen and oxygen atoms in total. The molecule has 8 heteroatoms. The number of aromatic nitrogens is 1. The summed E-state index contributed by atoms with van der Waals surface area (Å²) >= 11 is 7.22. The molecule has 0 aromatic carbocycles. The van der Waals surface area contributed by atoms with Crippen LogP contribution in [0, 0.1) is 5.41 Å². The molecule has 2 aliphatic heterocycles. The van der Waals surface area contributed by atoms with E-state index in [0.717, 1.165) is 5.01 Å². The van der Waals surface area contributed by atoms with Crippen molar-refractivity contribution in [1.82, 2.24) is 9.88 Å². The Morgan fingerprint density at radius 1 is 1.62 bits per heavy atom. The lowest BCUT2D eigenvalue weighted by atomic mass is 9.74. The molecule has 1 aromatic rings. The van der Waals surface area contributed by atoms with Crippen LogP contribution in [0.1, 0.15) is 11.9 Å². The van der Waals surface area contributed by atoms with Gasteiger partial charge in [0.25, 0.3) is 0 Å². The van der Waals surface area contributed by atoms with E-state index in [0.29, 0.717) is 17.4 Å². The van der Waals surface area contributed by atoms with Gasteiger partial charge in [-0.3, -0.25) is 4.90 Å². The van der Waals surface area contributed by atoms with E-state index in [4.69, 9.17) is 21.1 Å². The van der Waals surface area contributed by atoms with Crippen LogP contribution >= 0.6 is 22.9 Å². The summed E-state index contributed by atoms with van der Waals surface area (Å²) < 4.78 is 26.0. The molecule has 1 spiro atoms. The van der Waals surface area contributed by atoms with Crippen LogP contribution < -0.4 is 0 Å². The number of hydrogen-bond acceptors (Lipinski definition) is 6. The Balaban J connectivity index is 1.77. The van der Waals surface area contributed by atoms with Gasteiger partial charge in [0, 0.05) is 13.1 Å². The first-order valence-corrected chi connectivity index (χ1v) is 7.95. The smallest absolute Gasteiger partial charge is 0.346 e. The normalized spacial score (nSPS) is 27.8. The topological polar surface area (TPSA) is 51.7 Å². The van der Waals surface area contributed by atoms with Crippen LogP contribution in [-0.4, -0.2) is 54.4 Å². The van der Waals surface area contributed by atoms with Gasteiger partial charge in [-0.2, -0.15) is 0 Å². The minimum Gasteiger partial charge on any atom is -0.464 e. The number of halogens is 2. The second kappa shape index (κ2) is 5.46. The van der Waals surface area contributed by atoms with Crippen molar-refractivity contribution in [1.29, 1.82) is 0 Å². The van der Waals surface area contributed by atoms with Gasteiger partial charge in [-0.05, 0) is 6.92 Å². The summed E-state index contributed by atoms with van der Waals surface area (Å²) in [6.07, 6.45) is 1.58. The Morgan fingerprint density at radius 3 is 2.90 bits per heavy atom. The van der Waals surface area contributed by atoms with E-state index in [1.165, 1.54) is 11.3 Å². The maximum absolute atomic E-state index is 15.3. The number of esters is 1. The third kappa shape index (κ3) is 2.46. The van der Waals surface area contributed by atoms with Gasteiger partial charge in [0.1, 0.15) is 9.34 Å². The van der Waals surface area contributed by atoms with E-state index in [2.05, 4.69) is 4.98 Å². The van der Waals surface area contributed by atoms with Crippen LogP contribution in [0.3, 0.4) is 0 Å². The maximum Gasteiger partial charge on any atom is 0.346 e. The van der Waals surface area contributed by atoms with Crippen molar-refractivity contribution in [2.24, 2.45) is 5.41 Å². The van der Waals surface area contributed by atoms with Gasteiger partial charge >= 0.3 is 5.97 Å². The number of alkyl halides is 1. The number of carbonyl (C=O) groups is 1. The minimum atomic E-state index is -2.01. The van der Waals surface area contributed by atoms with E-state index in [-0.39, 0.29) is 26.4 Å². The summed E-state index contributed by atoms with van der Waals surface area (Å²) in [5, 5.41) is 0.809. The van der Waals surface area contributed by atoms with Gasteiger partial charge in [0.05, 0.1) is 38.0 Å². The highest BCUT2D eigenvalue weighted by Crippen LogP contribution is 2.48. The standard InChI is InChI=1S/C13H16ClFN2O3S/c1-2-20-11(18)13(15)6-17(5-12(13)7-19-8-12)4-10-16-3-9(14)21-10/h3H,2,4-8H2,1H3/t13-/m0/s1. The molecule has 21 heavy (non-hydrogen) atoms. The molecule has 1 atom stereocenters. The summed E-state index contributed by atoms with van der Waals surface area (Å²) in [7, 11) is 0. The van der Waals surface area contributed by atoms with Crippen molar-refractivity contribution >= 4 is 28.9 Å². The number of carbonyl (C=O) groups excluding carboxylic acids is 1. The molecule has 0 bridgehead atoms. The molecule has 2 aliphatic rings. The van der Waals surface area contributed by atoms with Gasteiger partial charge < -0.3 is 9.47 Å². The fourth-order valence-electron chi connectivity index (χ4n) is 2.94. The minimum absolute atomic E-state index is 0.00634. The summed E-state index contributed by atoms with van der Waals surface area (Å²) in [4.78, 5) is 18.1. The molecule has 3 rings (SSSR count). The number of thiazole rings is 1. The Morgan fingerprint density at radius 2 is 2.38 bits per heavy atom. The van der Waals surface area contributed by atoms with Gasteiger partial charge in [0.15, 0.2) is 0 Å². The first-order valence-electron chi connectivity index (χ1n) is 6.75. The molecule has 0 unspecified atom stereocenters. The van der Waals surface area contributed by atoms with Crippen LogP contribution in [-0.2, 0) is 20.8 Å². The molecule has 1 aromatic heterocycles. The molecule has 0 saturated carbocycles. The second-order valence-corrected chi connectivity index (χ2v) is 7.24. The zero-order valence-corrected chi connectivity index (χ0v) is 13.2. The fourth-order valence-corrected chi connectivity index (χ4v) is 3.94. The zero-order chi connectivity index (χ0) is 15.1. The fraction of sp³-hybridized carbons (Fsp3) is 0.692. The zero-order valence-electron chi connectivity index (χ0n) is 11.6.